The van der Waals surface area contributed by atoms with Gasteiger partial charge in [-0.3, -0.25) is 4.79 Å². The lowest BCUT2D eigenvalue weighted by atomic mass is 10.1. The summed E-state index contributed by atoms with van der Waals surface area (Å²) >= 11 is 0. The molecule has 0 aliphatic rings. The monoisotopic (exact) mass is 350 g/mol. The van der Waals surface area contributed by atoms with Crippen LogP contribution in [0.5, 0.6) is 0 Å². The molecule has 1 aromatic carbocycles. The number of benzene rings is 1. The van der Waals surface area contributed by atoms with E-state index in [0.29, 0.717) is 30.0 Å². The van der Waals surface area contributed by atoms with Crippen LogP contribution >= 0.6 is 0 Å². The molecule has 2 rings (SSSR count). The molecule has 0 radical (unpaired) electrons. The van der Waals surface area contributed by atoms with Crippen molar-refractivity contribution in [2.24, 2.45) is 5.14 Å². The molecule has 0 saturated heterocycles. The minimum Gasteiger partial charge on any atom is -0.467 e. The standard InChI is InChI=1S/C17H22N2O4S/c1-3-4-9-19(12-14-6-5-10-23-14)17(20)16-11-15(24(18,21)22)8-7-13(16)2/h5-8,10-11H,3-4,9,12H2,1-2H3,(H2,18,21,22). The van der Waals surface area contributed by atoms with E-state index in [0.717, 1.165) is 12.8 Å². The highest BCUT2D eigenvalue weighted by atomic mass is 32.2. The Balaban J connectivity index is 2.34. The molecule has 0 spiro atoms. The molecule has 1 heterocycles. The number of furan rings is 1. The van der Waals surface area contributed by atoms with Gasteiger partial charge < -0.3 is 9.32 Å². The van der Waals surface area contributed by atoms with E-state index in [1.54, 1.807) is 36.3 Å². The summed E-state index contributed by atoms with van der Waals surface area (Å²) in [6.45, 7) is 4.72. The van der Waals surface area contributed by atoms with Gasteiger partial charge in [-0.25, -0.2) is 13.6 Å². The number of nitrogens with two attached hydrogens (primary N) is 1. The molecule has 1 amide bonds. The summed E-state index contributed by atoms with van der Waals surface area (Å²) in [4.78, 5) is 14.5. The molecule has 2 aromatic rings. The fourth-order valence-electron chi connectivity index (χ4n) is 2.37. The zero-order chi connectivity index (χ0) is 17.7. The Morgan fingerprint density at radius 1 is 1.29 bits per heavy atom. The van der Waals surface area contributed by atoms with E-state index < -0.39 is 10.0 Å². The summed E-state index contributed by atoms with van der Waals surface area (Å²) in [5.41, 5.74) is 1.04. The molecule has 0 aliphatic carbocycles. The number of amides is 1. The first-order valence-electron chi connectivity index (χ1n) is 7.78. The van der Waals surface area contributed by atoms with Crippen molar-refractivity contribution >= 4 is 15.9 Å². The second-order valence-electron chi connectivity index (χ2n) is 5.68. The number of rotatable bonds is 7. The van der Waals surface area contributed by atoms with E-state index in [1.807, 2.05) is 6.92 Å². The van der Waals surface area contributed by atoms with E-state index in [1.165, 1.54) is 12.1 Å². The van der Waals surface area contributed by atoms with Gasteiger partial charge in [0.05, 0.1) is 17.7 Å². The second kappa shape index (κ2) is 7.63. The molecule has 0 unspecified atom stereocenters. The Hall–Kier alpha value is -2.12. The molecule has 1 aromatic heterocycles. The number of hydrogen-bond acceptors (Lipinski definition) is 4. The number of hydrogen-bond donors (Lipinski definition) is 1. The molecule has 6 nitrogen and oxygen atoms in total. The maximum atomic E-state index is 12.9. The summed E-state index contributed by atoms with van der Waals surface area (Å²) in [7, 11) is -3.86. The fraction of sp³-hybridized carbons (Fsp3) is 0.353. The van der Waals surface area contributed by atoms with Crippen LogP contribution in [-0.2, 0) is 16.6 Å². The highest BCUT2D eigenvalue weighted by molar-refractivity contribution is 7.89. The van der Waals surface area contributed by atoms with Crippen molar-refractivity contribution in [2.45, 2.75) is 38.1 Å². The van der Waals surface area contributed by atoms with Crippen molar-refractivity contribution in [3.05, 3.63) is 53.5 Å². The first-order valence-corrected chi connectivity index (χ1v) is 9.32. The van der Waals surface area contributed by atoms with E-state index >= 15 is 0 Å². The third-order valence-corrected chi connectivity index (χ3v) is 4.67. The van der Waals surface area contributed by atoms with Crippen LogP contribution in [0.4, 0.5) is 0 Å². The summed E-state index contributed by atoms with van der Waals surface area (Å²) in [5.74, 6) is 0.447. The molecule has 0 fully saturated rings. The molecule has 7 heteroatoms. The predicted octanol–water partition coefficient (Wildman–Crippen LogP) is 2.68. The van der Waals surface area contributed by atoms with Crippen molar-refractivity contribution in [2.75, 3.05) is 6.54 Å². The summed E-state index contributed by atoms with van der Waals surface area (Å²) in [6, 6.07) is 7.92. The molecular weight excluding hydrogens is 328 g/mol. The van der Waals surface area contributed by atoms with Crippen LogP contribution in [0.25, 0.3) is 0 Å². The number of nitrogens with zero attached hydrogens (tertiary/aromatic N) is 1. The average Bonchev–Trinajstić information content (AvgIpc) is 3.03. The predicted molar refractivity (Wildman–Crippen MR) is 90.9 cm³/mol. The van der Waals surface area contributed by atoms with Gasteiger partial charge in [-0.2, -0.15) is 0 Å². The Labute approximate surface area is 142 Å². The average molecular weight is 350 g/mol. The van der Waals surface area contributed by atoms with Crippen molar-refractivity contribution < 1.29 is 17.6 Å². The number of unbranched alkanes of at least 4 members (excludes halogenated alkanes) is 1. The second-order valence-corrected chi connectivity index (χ2v) is 7.24. The van der Waals surface area contributed by atoms with Crippen LogP contribution in [0.3, 0.4) is 0 Å². The van der Waals surface area contributed by atoms with Gasteiger partial charge >= 0.3 is 0 Å². The molecule has 0 saturated carbocycles. The van der Waals surface area contributed by atoms with Crippen molar-refractivity contribution in [1.82, 2.24) is 4.90 Å². The molecule has 0 bridgehead atoms. The zero-order valence-electron chi connectivity index (χ0n) is 13.9. The maximum Gasteiger partial charge on any atom is 0.254 e. The molecule has 0 atom stereocenters. The van der Waals surface area contributed by atoms with Gasteiger partial charge in [0.1, 0.15) is 5.76 Å². The number of carbonyl (C=O) groups excluding carboxylic acids is 1. The number of primary sulfonamides is 1. The summed E-state index contributed by atoms with van der Waals surface area (Å²) < 4.78 is 28.4. The Morgan fingerprint density at radius 2 is 2.04 bits per heavy atom. The minimum absolute atomic E-state index is 0.0649. The normalized spacial score (nSPS) is 11.5. The Kier molecular flexibility index (Phi) is 5.80. The van der Waals surface area contributed by atoms with Gasteiger partial charge in [-0.1, -0.05) is 19.4 Å². The van der Waals surface area contributed by atoms with E-state index in [9.17, 15) is 13.2 Å². The van der Waals surface area contributed by atoms with Gasteiger partial charge in [0.2, 0.25) is 10.0 Å². The summed E-state index contributed by atoms with van der Waals surface area (Å²) in [5, 5.41) is 5.17. The van der Waals surface area contributed by atoms with E-state index in [-0.39, 0.29) is 10.8 Å². The minimum atomic E-state index is -3.86. The topological polar surface area (TPSA) is 93.6 Å². The third-order valence-electron chi connectivity index (χ3n) is 3.76. The lowest BCUT2D eigenvalue weighted by Crippen LogP contribution is -2.32. The largest absolute Gasteiger partial charge is 0.467 e. The lowest BCUT2D eigenvalue weighted by Gasteiger charge is -2.22. The number of aryl methyl sites for hydroxylation is 1. The quantitative estimate of drug-likeness (QED) is 0.831. The van der Waals surface area contributed by atoms with E-state index in [2.05, 4.69) is 0 Å². The van der Waals surface area contributed by atoms with Gasteiger partial charge in [0.25, 0.3) is 5.91 Å². The van der Waals surface area contributed by atoms with E-state index in [4.69, 9.17) is 9.56 Å². The molecule has 24 heavy (non-hydrogen) atoms. The fourth-order valence-corrected chi connectivity index (χ4v) is 2.91. The SMILES string of the molecule is CCCCN(Cc1ccco1)C(=O)c1cc(S(N)(=O)=O)ccc1C. The van der Waals surface area contributed by atoms with Gasteiger partial charge in [-0.05, 0) is 43.2 Å². The number of sulfonamides is 1. The van der Waals surface area contributed by atoms with Crippen molar-refractivity contribution in [3.63, 3.8) is 0 Å². The highest BCUT2D eigenvalue weighted by Crippen LogP contribution is 2.18. The van der Waals surface area contributed by atoms with Crippen LogP contribution < -0.4 is 5.14 Å². The molecular formula is C17H22N2O4S. The third kappa shape index (κ3) is 4.46. The van der Waals surface area contributed by atoms with Crippen LogP contribution in [0.2, 0.25) is 0 Å². The number of carbonyl (C=O) groups is 1. The molecule has 130 valence electrons. The first-order chi connectivity index (χ1) is 11.3. The van der Waals surface area contributed by atoms with Crippen molar-refractivity contribution in [1.29, 1.82) is 0 Å². The van der Waals surface area contributed by atoms with Gasteiger partial charge in [0.15, 0.2) is 0 Å². The maximum absolute atomic E-state index is 12.9. The Morgan fingerprint density at radius 3 is 2.62 bits per heavy atom. The van der Waals surface area contributed by atoms with Crippen LogP contribution in [0.15, 0.2) is 45.9 Å². The van der Waals surface area contributed by atoms with Crippen LogP contribution in [-0.4, -0.2) is 25.8 Å². The highest BCUT2D eigenvalue weighted by Gasteiger charge is 2.21. The first kappa shape index (κ1) is 18.2. The zero-order valence-corrected chi connectivity index (χ0v) is 14.7. The summed E-state index contributed by atoms with van der Waals surface area (Å²) in [6.07, 6.45) is 3.35. The molecule has 2 N–H and O–H groups in total. The van der Waals surface area contributed by atoms with Crippen LogP contribution in [0.1, 0.15) is 41.4 Å². The van der Waals surface area contributed by atoms with Gasteiger partial charge in [0, 0.05) is 12.1 Å². The van der Waals surface area contributed by atoms with Crippen LogP contribution in [0, 0.1) is 6.92 Å². The van der Waals surface area contributed by atoms with Gasteiger partial charge in [-0.15, -0.1) is 0 Å². The van der Waals surface area contributed by atoms with Crippen molar-refractivity contribution in [3.8, 4) is 0 Å². The molecule has 0 aliphatic heterocycles. The Bertz CT molecular complexity index is 798. The smallest absolute Gasteiger partial charge is 0.254 e. The lowest BCUT2D eigenvalue weighted by molar-refractivity contribution is 0.0728.